The average molecular weight is 399 g/mol. The summed E-state index contributed by atoms with van der Waals surface area (Å²) in [5, 5.41) is 0. The molecule has 1 saturated heterocycles. The largest absolute Gasteiger partial charge is 0.354 e. The van der Waals surface area contributed by atoms with Crippen LogP contribution in [0.4, 0.5) is 4.79 Å². The van der Waals surface area contributed by atoms with E-state index in [-0.39, 0.29) is 11.9 Å². The van der Waals surface area contributed by atoms with E-state index in [2.05, 4.69) is 4.57 Å². The van der Waals surface area contributed by atoms with Crippen LogP contribution < -0.4 is 0 Å². The van der Waals surface area contributed by atoms with Gasteiger partial charge >= 0.3 is 6.03 Å². The van der Waals surface area contributed by atoms with Crippen molar-refractivity contribution in [3.05, 3.63) is 95.3 Å². The van der Waals surface area contributed by atoms with Gasteiger partial charge < -0.3 is 9.47 Å². The Hall–Kier alpha value is -3.34. The second kappa shape index (κ2) is 7.17. The highest BCUT2D eigenvalue weighted by atomic mass is 16.2. The molecule has 5 rings (SSSR count). The minimum absolute atomic E-state index is 0.0977. The monoisotopic (exact) mass is 399 g/mol. The number of rotatable bonds is 4. The topological polar surface area (TPSA) is 45.6 Å². The van der Waals surface area contributed by atoms with E-state index in [1.807, 2.05) is 84.9 Å². The maximum Gasteiger partial charge on any atom is 0.328 e. The number of amides is 3. The molecule has 2 aromatic carbocycles. The van der Waals surface area contributed by atoms with Gasteiger partial charge in [0.15, 0.2) is 5.54 Å². The first kappa shape index (κ1) is 18.7. The molecule has 5 nitrogen and oxygen atoms in total. The van der Waals surface area contributed by atoms with Gasteiger partial charge in [-0.05, 0) is 36.5 Å². The second-order valence-electron chi connectivity index (χ2n) is 8.23. The molecule has 0 N–H and O–H groups in total. The van der Waals surface area contributed by atoms with Crippen LogP contribution in [0.3, 0.4) is 0 Å². The zero-order valence-corrected chi connectivity index (χ0v) is 17.1. The minimum atomic E-state index is -0.920. The van der Waals surface area contributed by atoms with E-state index < -0.39 is 5.54 Å². The number of carbonyl (C=O) groups is 2. The van der Waals surface area contributed by atoms with E-state index in [1.165, 1.54) is 4.90 Å². The SMILES string of the molecule is Cn1ccc2c1CCCC21C(=O)N(Cc2ccccc2)C(=O)N1Cc1ccccc1. The van der Waals surface area contributed by atoms with E-state index in [4.69, 9.17) is 0 Å². The van der Waals surface area contributed by atoms with Crippen molar-refractivity contribution in [3.8, 4) is 0 Å². The Morgan fingerprint density at radius 2 is 1.50 bits per heavy atom. The van der Waals surface area contributed by atoms with Crippen LogP contribution in [0.25, 0.3) is 0 Å². The highest BCUT2D eigenvalue weighted by Crippen LogP contribution is 2.47. The standard InChI is InChI=1S/C25H25N3O2/c1-26-16-14-21-22(26)13-8-15-25(21)23(29)27(17-19-9-4-2-5-10-19)24(30)28(25)18-20-11-6-3-7-12-20/h2-7,9-12,14,16H,8,13,15,17-18H2,1H3. The molecule has 1 aliphatic carbocycles. The van der Waals surface area contributed by atoms with Gasteiger partial charge in [0.2, 0.25) is 0 Å². The van der Waals surface area contributed by atoms with Crippen molar-refractivity contribution in [3.63, 3.8) is 0 Å². The first-order valence-electron chi connectivity index (χ1n) is 10.5. The molecule has 1 aliphatic heterocycles. The number of aryl methyl sites for hydroxylation is 1. The Balaban J connectivity index is 1.61. The second-order valence-corrected chi connectivity index (χ2v) is 8.23. The summed E-state index contributed by atoms with van der Waals surface area (Å²) in [7, 11) is 2.02. The normalized spacial score (nSPS) is 20.8. The first-order valence-corrected chi connectivity index (χ1v) is 10.5. The number of hydrogen-bond donors (Lipinski definition) is 0. The lowest BCUT2D eigenvalue weighted by Gasteiger charge is -2.38. The van der Waals surface area contributed by atoms with Gasteiger partial charge in [-0.15, -0.1) is 0 Å². The van der Waals surface area contributed by atoms with Crippen LogP contribution in [0, 0.1) is 0 Å². The van der Waals surface area contributed by atoms with Gasteiger partial charge in [-0.2, -0.15) is 0 Å². The number of urea groups is 1. The highest BCUT2D eigenvalue weighted by Gasteiger charge is 2.59. The van der Waals surface area contributed by atoms with Crippen molar-refractivity contribution in [2.45, 2.75) is 37.9 Å². The van der Waals surface area contributed by atoms with E-state index >= 15 is 0 Å². The number of fused-ring (bicyclic) bond motifs is 2. The van der Waals surface area contributed by atoms with Crippen LogP contribution in [0.2, 0.25) is 0 Å². The zero-order valence-electron chi connectivity index (χ0n) is 17.1. The van der Waals surface area contributed by atoms with Crippen molar-refractivity contribution in [1.29, 1.82) is 0 Å². The molecule has 3 aromatic rings. The van der Waals surface area contributed by atoms with Gasteiger partial charge in [0.1, 0.15) is 0 Å². The fourth-order valence-corrected chi connectivity index (χ4v) is 5.01. The molecule has 1 atom stereocenters. The Morgan fingerprint density at radius 1 is 0.867 bits per heavy atom. The summed E-state index contributed by atoms with van der Waals surface area (Å²) in [6.07, 6.45) is 4.48. The third-order valence-electron chi connectivity index (χ3n) is 6.49. The summed E-state index contributed by atoms with van der Waals surface area (Å²) in [5.74, 6) is -0.0977. The van der Waals surface area contributed by atoms with E-state index in [9.17, 15) is 9.59 Å². The molecule has 5 heteroatoms. The average Bonchev–Trinajstić information content (AvgIpc) is 3.25. The smallest absolute Gasteiger partial charge is 0.328 e. The predicted octanol–water partition coefficient (Wildman–Crippen LogP) is 4.22. The molecule has 2 heterocycles. The molecule has 0 radical (unpaired) electrons. The van der Waals surface area contributed by atoms with Gasteiger partial charge in [-0.25, -0.2) is 4.79 Å². The van der Waals surface area contributed by atoms with Gasteiger partial charge in [0.05, 0.1) is 6.54 Å². The van der Waals surface area contributed by atoms with Crippen molar-refractivity contribution >= 4 is 11.9 Å². The number of carbonyl (C=O) groups excluding carboxylic acids is 2. The van der Waals surface area contributed by atoms with E-state index in [0.29, 0.717) is 19.5 Å². The predicted molar refractivity (Wildman–Crippen MR) is 114 cm³/mol. The van der Waals surface area contributed by atoms with Crippen molar-refractivity contribution in [2.75, 3.05) is 0 Å². The molecule has 1 spiro atoms. The van der Waals surface area contributed by atoms with E-state index in [1.54, 1.807) is 0 Å². The Labute approximate surface area is 176 Å². The number of nitrogens with zero attached hydrogens (tertiary/aromatic N) is 3. The van der Waals surface area contributed by atoms with Crippen molar-refractivity contribution < 1.29 is 9.59 Å². The zero-order chi connectivity index (χ0) is 20.7. The summed E-state index contributed by atoms with van der Waals surface area (Å²) in [6.45, 7) is 0.721. The van der Waals surface area contributed by atoms with Crippen molar-refractivity contribution in [1.82, 2.24) is 14.4 Å². The van der Waals surface area contributed by atoms with Crippen LogP contribution >= 0.6 is 0 Å². The number of aromatic nitrogens is 1. The molecule has 1 unspecified atom stereocenters. The van der Waals surface area contributed by atoms with Crippen molar-refractivity contribution in [2.24, 2.45) is 7.05 Å². The third-order valence-corrected chi connectivity index (χ3v) is 6.49. The Bertz CT molecular complexity index is 1090. The summed E-state index contributed by atoms with van der Waals surface area (Å²) >= 11 is 0. The van der Waals surface area contributed by atoms with Gasteiger partial charge in [0, 0.05) is 31.0 Å². The van der Waals surface area contributed by atoms with Gasteiger partial charge in [-0.3, -0.25) is 9.69 Å². The highest BCUT2D eigenvalue weighted by molar-refractivity contribution is 6.07. The summed E-state index contributed by atoms with van der Waals surface area (Å²) < 4.78 is 2.09. The summed E-state index contributed by atoms with van der Waals surface area (Å²) in [4.78, 5) is 30.8. The Morgan fingerprint density at radius 3 is 2.17 bits per heavy atom. The minimum Gasteiger partial charge on any atom is -0.354 e. The maximum absolute atomic E-state index is 13.9. The molecule has 1 aromatic heterocycles. The fourth-order valence-electron chi connectivity index (χ4n) is 5.01. The third kappa shape index (κ3) is 2.76. The summed E-state index contributed by atoms with van der Waals surface area (Å²) in [6, 6.07) is 21.5. The molecule has 0 bridgehead atoms. The molecule has 3 amide bonds. The van der Waals surface area contributed by atoms with Gasteiger partial charge in [0.25, 0.3) is 5.91 Å². The van der Waals surface area contributed by atoms with Crippen LogP contribution in [0.1, 0.15) is 35.2 Å². The maximum atomic E-state index is 13.9. The van der Waals surface area contributed by atoms with Crippen LogP contribution in [0.5, 0.6) is 0 Å². The molecular formula is C25H25N3O2. The number of benzene rings is 2. The lowest BCUT2D eigenvalue weighted by atomic mass is 9.78. The number of imide groups is 1. The van der Waals surface area contributed by atoms with Crippen LogP contribution in [-0.4, -0.2) is 26.3 Å². The van der Waals surface area contributed by atoms with Crippen LogP contribution in [0.15, 0.2) is 72.9 Å². The first-order chi connectivity index (χ1) is 14.6. The van der Waals surface area contributed by atoms with E-state index in [0.717, 1.165) is 35.2 Å². The molecule has 30 heavy (non-hydrogen) atoms. The molecule has 0 saturated carbocycles. The lowest BCUT2D eigenvalue weighted by Crippen LogP contribution is -2.48. The fraction of sp³-hybridized carbons (Fsp3) is 0.280. The molecule has 2 aliphatic rings. The molecule has 1 fully saturated rings. The van der Waals surface area contributed by atoms with Gasteiger partial charge in [-0.1, -0.05) is 60.7 Å². The molecular weight excluding hydrogens is 374 g/mol. The lowest BCUT2D eigenvalue weighted by molar-refractivity contribution is -0.135. The summed E-state index contributed by atoms with van der Waals surface area (Å²) in [5.41, 5.74) is 3.21. The number of hydrogen-bond acceptors (Lipinski definition) is 2. The quantitative estimate of drug-likeness (QED) is 0.617. The van der Waals surface area contributed by atoms with Crippen LogP contribution in [-0.2, 0) is 36.9 Å². The Kier molecular flexibility index (Phi) is 4.46. The molecule has 152 valence electrons.